The number of hydrogen-bond donors (Lipinski definition) is 1. The molecule has 0 fully saturated rings. The summed E-state index contributed by atoms with van der Waals surface area (Å²) >= 11 is 1.21. The van der Waals surface area contributed by atoms with Crippen LogP contribution in [0.25, 0.3) is 5.69 Å². The van der Waals surface area contributed by atoms with E-state index in [1.165, 1.54) is 17.8 Å². The van der Waals surface area contributed by atoms with E-state index in [4.69, 9.17) is 9.26 Å². The van der Waals surface area contributed by atoms with Crippen LogP contribution in [0.3, 0.4) is 0 Å². The number of para-hydroxylation sites is 2. The van der Waals surface area contributed by atoms with Crippen LogP contribution >= 0.6 is 11.8 Å². The number of halogens is 1. The lowest BCUT2D eigenvalue weighted by molar-refractivity contribution is -0.113. The van der Waals surface area contributed by atoms with Crippen molar-refractivity contribution in [2.45, 2.75) is 18.7 Å². The molecule has 10 heteroatoms. The Morgan fingerprint density at radius 1 is 1.16 bits per heavy atom. The first-order valence-electron chi connectivity index (χ1n) is 9.33. The van der Waals surface area contributed by atoms with E-state index in [0.29, 0.717) is 22.6 Å². The average molecular weight is 439 g/mol. The third kappa shape index (κ3) is 5.10. The van der Waals surface area contributed by atoms with Crippen LogP contribution in [0, 0.1) is 12.7 Å². The molecule has 31 heavy (non-hydrogen) atoms. The van der Waals surface area contributed by atoms with E-state index in [2.05, 4.69) is 20.7 Å². The summed E-state index contributed by atoms with van der Waals surface area (Å²) in [4.78, 5) is 12.3. The maximum Gasteiger partial charge on any atom is 0.236 e. The highest BCUT2D eigenvalue weighted by Crippen LogP contribution is 2.24. The van der Waals surface area contributed by atoms with Gasteiger partial charge in [0.15, 0.2) is 28.4 Å². The van der Waals surface area contributed by atoms with E-state index >= 15 is 0 Å². The molecule has 0 unspecified atom stereocenters. The van der Waals surface area contributed by atoms with Gasteiger partial charge in [0.2, 0.25) is 5.91 Å². The molecule has 8 nitrogen and oxygen atoms in total. The molecule has 0 saturated carbocycles. The summed E-state index contributed by atoms with van der Waals surface area (Å²) in [5.74, 6) is 0.932. The highest BCUT2D eigenvalue weighted by Gasteiger charge is 2.17. The highest BCUT2D eigenvalue weighted by atomic mass is 32.2. The van der Waals surface area contributed by atoms with Crippen molar-refractivity contribution in [1.29, 1.82) is 0 Å². The Balaban J connectivity index is 1.50. The molecule has 0 saturated heterocycles. The number of rotatable bonds is 8. The van der Waals surface area contributed by atoms with Crippen molar-refractivity contribution in [2.24, 2.45) is 0 Å². The second-order valence-corrected chi connectivity index (χ2v) is 7.39. The van der Waals surface area contributed by atoms with Gasteiger partial charge in [-0.3, -0.25) is 9.36 Å². The molecule has 0 spiro atoms. The second-order valence-electron chi connectivity index (χ2n) is 6.45. The molecule has 2 aromatic heterocycles. The first kappa shape index (κ1) is 20.6. The Morgan fingerprint density at radius 3 is 2.68 bits per heavy atom. The minimum Gasteiger partial charge on any atom is -0.483 e. The molecule has 0 radical (unpaired) electrons. The van der Waals surface area contributed by atoms with Crippen LogP contribution in [0.5, 0.6) is 5.75 Å². The number of benzene rings is 2. The summed E-state index contributed by atoms with van der Waals surface area (Å²) in [5, 5.41) is 15.3. The monoisotopic (exact) mass is 439 g/mol. The number of thioether (sulfide) groups is 1. The lowest BCUT2D eigenvalue weighted by atomic mass is 10.3. The van der Waals surface area contributed by atoms with Gasteiger partial charge in [-0.1, -0.05) is 47.3 Å². The predicted molar refractivity (Wildman–Crippen MR) is 113 cm³/mol. The quantitative estimate of drug-likeness (QED) is 0.415. The Hall–Kier alpha value is -3.66. The Morgan fingerprint density at radius 2 is 1.94 bits per heavy atom. The molecular weight excluding hydrogens is 421 g/mol. The van der Waals surface area contributed by atoms with Gasteiger partial charge < -0.3 is 14.6 Å². The smallest absolute Gasteiger partial charge is 0.236 e. The van der Waals surface area contributed by atoms with E-state index in [0.717, 1.165) is 5.69 Å². The third-order valence-electron chi connectivity index (χ3n) is 4.14. The molecule has 2 aromatic carbocycles. The summed E-state index contributed by atoms with van der Waals surface area (Å²) in [6.45, 7) is 1.75. The van der Waals surface area contributed by atoms with E-state index in [9.17, 15) is 9.18 Å². The van der Waals surface area contributed by atoms with Gasteiger partial charge in [0.1, 0.15) is 12.4 Å². The average Bonchev–Trinajstić information content (AvgIpc) is 3.38. The summed E-state index contributed by atoms with van der Waals surface area (Å²) < 4.78 is 26.2. The van der Waals surface area contributed by atoms with Crippen molar-refractivity contribution in [3.8, 4) is 11.4 Å². The van der Waals surface area contributed by atoms with E-state index < -0.39 is 5.82 Å². The molecule has 0 atom stereocenters. The number of nitrogens with zero attached hydrogens (tertiary/aromatic N) is 4. The largest absolute Gasteiger partial charge is 0.483 e. The molecule has 158 valence electrons. The molecule has 1 amide bonds. The number of nitrogens with one attached hydrogen (secondary N) is 1. The second kappa shape index (κ2) is 9.43. The first-order chi connectivity index (χ1) is 15.1. The molecule has 0 aliphatic rings. The van der Waals surface area contributed by atoms with Crippen molar-refractivity contribution in [3.63, 3.8) is 0 Å². The van der Waals surface area contributed by atoms with Crippen LogP contribution in [0.1, 0.15) is 11.6 Å². The maximum absolute atomic E-state index is 13.9. The number of ether oxygens (including phenoxy) is 1. The summed E-state index contributed by atoms with van der Waals surface area (Å²) in [7, 11) is 0. The Bertz CT molecular complexity index is 1180. The molecule has 0 aliphatic carbocycles. The minimum absolute atomic E-state index is 0.00774. The normalized spacial score (nSPS) is 10.8. The molecule has 0 aliphatic heterocycles. The molecule has 2 heterocycles. The van der Waals surface area contributed by atoms with Crippen molar-refractivity contribution >= 4 is 23.5 Å². The Kier molecular flexibility index (Phi) is 6.27. The van der Waals surface area contributed by atoms with Gasteiger partial charge in [-0.15, -0.1) is 10.2 Å². The van der Waals surface area contributed by atoms with Crippen molar-refractivity contribution in [1.82, 2.24) is 19.9 Å². The fourth-order valence-electron chi connectivity index (χ4n) is 2.76. The van der Waals surface area contributed by atoms with Gasteiger partial charge in [0, 0.05) is 11.8 Å². The van der Waals surface area contributed by atoms with Crippen LogP contribution < -0.4 is 10.1 Å². The Labute approximate surface area is 181 Å². The lowest BCUT2D eigenvalue weighted by Crippen LogP contribution is -2.15. The zero-order chi connectivity index (χ0) is 21.6. The van der Waals surface area contributed by atoms with Crippen LogP contribution in [0.15, 0.2) is 70.3 Å². The van der Waals surface area contributed by atoms with Crippen LogP contribution in [-0.2, 0) is 11.4 Å². The van der Waals surface area contributed by atoms with Gasteiger partial charge in [0.05, 0.1) is 5.75 Å². The minimum atomic E-state index is -0.456. The maximum atomic E-state index is 13.9. The SMILES string of the molecule is Cc1cc(NC(=O)CSc2nnc(COc3ccccc3F)n2-c2ccccc2)no1. The summed E-state index contributed by atoms with van der Waals surface area (Å²) in [6, 6.07) is 17.2. The number of aromatic nitrogens is 4. The number of carbonyl (C=O) groups excluding carboxylic acids is 1. The van der Waals surface area contributed by atoms with Crippen LogP contribution in [0.4, 0.5) is 10.2 Å². The lowest BCUT2D eigenvalue weighted by Gasteiger charge is -2.11. The third-order valence-corrected chi connectivity index (χ3v) is 5.06. The standard InChI is InChI=1S/C21H18FN5O3S/c1-14-11-18(26-30-14)23-20(28)13-31-21-25-24-19(27(21)15-7-3-2-4-8-15)12-29-17-10-6-5-9-16(17)22/h2-11H,12-13H2,1H3,(H,23,26,28). The van der Waals surface area contributed by atoms with Gasteiger partial charge in [0.25, 0.3) is 0 Å². The number of carbonyl (C=O) groups is 1. The number of aryl methyl sites for hydroxylation is 1. The topological polar surface area (TPSA) is 95.1 Å². The highest BCUT2D eigenvalue weighted by molar-refractivity contribution is 7.99. The fourth-order valence-corrected chi connectivity index (χ4v) is 3.53. The molecule has 4 aromatic rings. The predicted octanol–water partition coefficient (Wildman–Crippen LogP) is 4.01. The summed E-state index contributed by atoms with van der Waals surface area (Å²) in [6.07, 6.45) is 0. The van der Waals surface area contributed by atoms with Crippen molar-refractivity contribution < 1.29 is 18.4 Å². The first-order valence-corrected chi connectivity index (χ1v) is 10.3. The molecule has 1 N–H and O–H groups in total. The number of anilines is 1. The van der Waals surface area contributed by atoms with E-state index in [1.807, 2.05) is 30.3 Å². The van der Waals surface area contributed by atoms with Crippen molar-refractivity contribution in [2.75, 3.05) is 11.1 Å². The van der Waals surface area contributed by atoms with Crippen molar-refractivity contribution in [3.05, 3.63) is 78.1 Å². The van der Waals surface area contributed by atoms with Crippen LogP contribution in [-0.4, -0.2) is 31.6 Å². The van der Waals surface area contributed by atoms with Crippen LogP contribution in [0.2, 0.25) is 0 Å². The fraction of sp³-hybridized carbons (Fsp3) is 0.143. The van der Waals surface area contributed by atoms with Gasteiger partial charge in [-0.25, -0.2) is 4.39 Å². The van der Waals surface area contributed by atoms with Gasteiger partial charge >= 0.3 is 0 Å². The van der Waals surface area contributed by atoms with E-state index in [1.54, 1.807) is 35.8 Å². The molecule has 0 bridgehead atoms. The zero-order valence-corrected chi connectivity index (χ0v) is 17.3. The van der Waals surface area contributed by atoms with Gasteiger partial charge in [-0.2, -0.15) is 0 Å². The number of hydrogen-bond acceptors (Lipinski definition) is 7. The van der Waals surface area contributed by atoms with E-state index in [-0.39, 0.29) is 24.0 Å². The summed E-state index contributed by atoms with van der Waals surface area (Å²) in [5.41, 5.74) is 0.801. The van der Waals surface area contributed by atoms with Gasteiger partial charge in [-0.05, 0) is 31.2 Å². The number of amides is 1. The molecule has 4 rings (SSSR count). The molecular formula is C21H18FN5O3S. The zero-order valence-electron chi connectivity index (χ0n) is 16.5.